The molecular weight excluding hydrogens is 216 g/mol. The summed E-state index contributed by atoms with van der Waals surface area (Å²) in [7, 11) is 0. The minimum absolute atomic E-state index is 0.0742. The van der Waals surface area contributed by atoms with E-state index in [0.717, 1.165) is 25.4 Å². The third kappa shape index (κ3) is 1.88. The fraction of sp³-hybridized carbons (Fsp3) is 0.643. The van der Waals surface area contributed by atoms with Crippen LogP contribution < -0.4 is 0 Å². The van der Waals surface area contributed by atoms with Gasteiger partial charge in [0, 0.05) is 12.3 Å². The van der Waals surface area contributed by atoms with Crippen LogP contribution in [0.5, 0.6) is 0 Å². The van der Waals surface area contributed by atoms with E-state index in [4.69, 9.17) is 0 Å². The second-order valence-corrected chi connectivity index (χ2v) is 5.81. The number of carbonyl (C=O) groups is 3. The standard InChI is InChI=1S/C14H18O3/c1-14(2)6-5-12(17)13-10(8-16)9(7-15)3-4-11(13)14/h3,7-8,10-11,13H,4-6H2,1-2H3. The first-order valence-corrected chi connectivity index (χ1v) is 6.14. The van der Waals surface area contributed by atoms with Crippen LogP contribution in [-0.2, 0) is 14.4 Å². The maximum atomic E-state index is 12.0. The zero-order valence-electron chi connectivity index (χ0n) is 10.3. The molecule has 3 atom stereocenters. The molecule has 0 bridgehead atoms. The monoisotopic (exact) mass is 234 g/mol. The highest BCUT2D eigenvalue weighted by Crippen LogP contribution is 2.50. The van der Waals surface area contributed by atoms with Crippen LogP contribution in [0.25, 0.3) is 0 Å². The van der Waals surface area contributed by atoms with E-state index in [9.17, 15) is 14.4 Å². The summed E-state index contributed by atoms with van der Waals surface area (Å²) in [5, 5.41) is 0. The van der Waals surface area contributed by atoms with Crippen molar-refractivity contribution in [3.8, 4) is 0 Å². The molecule has 0 aromatic heterocycles. The van der Waals surface area contributed by atoms with Gasteiger partial charge in [-0.25, -0.2) is 0 Å². The minimum atomic E-state index is -0.515. The van der Waals surface area contributed by atoms with Gasteiger partial charge in [-0.15, -0.1) is 0 Å². The zero-order chi connectivity index (χ0) is 12.6. The molecule has 0 amide bonds. The molecule has 3 unspecified atom stereocenters. The second-order valence-electron chi connectivity index (χ2n) is 5.81. The fourth-order valence-electron chi connectivity index (χ4n) is 3.32. The molecule has 92 valence electrons. The van der Waals surface area contributed by atoms with Crippen molar-refractivity contribution in [3.05, 3.63) is 11.6 Å². The van der Waals surface area contributed by atoms with Crippen LogP contribution in [0.15, 0.2) is 11.6 Å². The van der Waals surface area contributed by atoms with Crippen molar-refractivity contribution in [2.45, 2.75) is 33.1 Å². The van der Waals surface area contributed by atoms with Gasteiger partial charge in [-0.1, -0.05) is 19.9 Å². The third-order valence-electron chi connectivity index (χ3n) is 4.49. The summed E-state index contributed by atoms with van der Waals surface area (Å²) >= 11 is 0. The van der Waals surface area contributed by atoms with E-state index in [1.54, 1.807) is 0 Å². The van der Waals surface area contributed by atoms with Gasteiger partial charge in [-0.3, -0.25) is 9.59 Å². The van der Waals surface area contributed by atoms with Gasteiger partial charge < -0.3 is 4.79 Å². The normalized spacial score (nSPS) is 35.8. The van der Waals surface area contributed by atoms with Gasteiger partial charge in [-0.2, -0.15) is 0 Å². The van der Waals surface area contributed by atoms with Gasteiger partial charge in [0.25, 0.3) is 0 Å². The zero-order valence-corrected chi connectivity index (χ0v) is 10.3. The largest absolute Gasteiger partial charge is 0.303 e. The molecule has 0 aromatic rings. The van der Waals surface area contributed by atoms with Gasteiger partial charge >= 0.3 is 0 Å². The first kappa shape index (κ1) is 12.2. The Hall–Kier alpha value is -1.25. The summed E-state index contributed by atoms with van der Waals surface area (Å²) in [6.07, 6.45) is 5.49. The lowest BCUT2D eigenvalue weighted by molar-refractivity contribution is -0.136. The van der Waals surface area contributed by atoms with Crippen LogP contribution in [0.2, 0.25) is 0 Å². The number of rotatable bonds is 2. The fourth-order valence-corrected chi connectivity index (χ4v) is 3.32. The first-order chi connectivity index (χ1) is 8.01. The number of carbonyl (C=O) groups excluding carboxylic acids is 3. The molecule has 3 nitrogen and oxygen atoms in total. The molecule has 0 aliphatic heterocycles. The van der Waals surface area contributed by atoms with E-state index in [0.29, 0.717) is 12.0 Å². The highest BCUT2D eigenvalue weighted by molar-refractivity contribution is 5.91. The highest BCUT2D eigenvalue weighted by Gasteiger charge is 2.48. The van der Waals surface area contributed by atoms with Crippen LogP contribution in [0.1, 0.15) is 33.1 Å². The summed E-state index contributed by atoms with van der Waals surface area (Å²) in [4.78, 5) is 34.2. The molecular formula is C14H18O3. The summed E-state index contributed by atoms with van der Waals surface area (Å²) < 4.78 is 0. The molecule has 2 rings (SSSR count). The average molecular weight is 234 g/mol. The van der Waals surface area contributed by atoms with E-state index in [1.807, 2.05) is 6.08 Å². The van der Waals surface area contributed by atoms with Crippen molar-refractivity contribution in [2.24, 2.45) is 23.2 Å². The molecule has 0 heterocycles. The Morgan fingerprint density at radius 1 is 1.35 bits per heavy atom. The molecule has 0 radical (unpaired) electrons. The first-order valence-electron chi connectivity index (χ1n) is 6.14. The molecule has 0 spiro atoms. The Balaban J connectivity index is 2.42. The number of aldehydes is 2. The van der Waals surface area contributed by atoms with Gasteiger partial charge in [0.1, 0.15) is 18.4 Å². The van der Waals surface area contributed by atoms with Crippen LogP contribution in [-0.4, -0.2) is 18.4 Å². The Morgan fingerprint density at radius 3 is 2.65 bits per heavy atom. The van der Waals surface area contributed by atoms with Crippen LogP contribution in [0, 0.1) is 23.2 Å². The quantitative estimate of drug-likeness (QED) is 0.686. The summed E-state index contributed by atoms with van der Waals surface area (Å²) in [5.41, 5.74) is 0.567. The Labute approximate surface area is 101 Å². The van der Waals surface area contributed by atoms with E-state index >= 15 is 0 Å². The lowest BCUT2D eigenvalue weighted by atomic mass is 9.56. The number of fused-ring (bicyclic) bond motifs is 1. The van der Waals surface area contributed by atoms with E-state index < -0.39 is 5.92 Å². The van der Waals surface area contributed by atoms with Gasteiger partial charge in [0.2, 0.25) is 0 Å². The maximum absolute atomic E-state index is 12.0. The number of hydrogen-bond acceptors (Lipinski definition) is 3. The van der Waals surface area contributed by atoms with Gasteiger partial charge in [-0.05, 0) is 29.7 Å². The van der Waals surface area contributed by atoms with Gasteiger partial charge in [0.15, 0.2) is 0 Å². The lowest BCUT2D eigenvalue weighted by Crippen LogP contribution is -2.46. The molecule has 3 heteroatoms. The molecule has 0 N–H and O–H groups in total. The predicted molar refractivity (Wildman–Crippen MR) is 63.3 cm³/mol. The van der Waals surface area contributed by atoms with Crippen LogP contribution in [0.4, 0.5) is 0 Å². The summed E-state index contributed by atoms with van der Waals surface area (Å²) in [5.74, 6) is -0.443. The molecule has 0 saturated heterocycles. The van der Waals surface area contributed by atoms with E-state index in [1.165, 1.54) is 0 Å². The maximum Gasteiger partial charge on any atom is 0.146 e. The third-order valence-corrected chi connectivity index (χ3v) is 4.49. The lowest BCUT2D eigenvalue weighted by Gasteiger charge is -2.46. The van der Waals surface area contributed by atoms with E-state index in [-0.39, 0.29) is 23.0 Å². The molecule has 17 heavy (non-hydrogen) atoms. The van der Waals surface area contributed by atoms with Crippen LogP contribution >= 0.6 is 0 Å². The minimum Gasteiger partial charge on any atom is -0.303 e. The Morgan fingerprint density at radius 2 is 2.06 bits per heavy atom. The predicted octanol–water partition coefficient (Wildman–Crippen LogP) is 1.95. The smallest absolute Gasteiger partial charge is 0.146 e. The average Bonchev–Trinajstić information content (AvgIpc) is 2.32. The van der Waals surface area contributed by atoms with E-state index in [2.05, 4.69) is 13.8 Å². The molecule has 0 aromatic carbocycles. The number of Topliss-reactive ketones (excluding diaryl/α,β-unsaturated/α-hetero) is 1. The summed E-state index contributed by atoms with van der Waals surface area (Å²) in [6, 6.07) is 0. The van der Waals surface area contributed by atoms with Crippen molar-refractivity contribution >= 4 is 18.4 Å². The highest BCUT2D eigenvalue weighted by atomic mass is 16.1. The summed E-state index contributed by atoms with van der Waals surface area (Å²) in [6.45, 7) is 4.30. The number of hydrogen-bond donors (Lipinski definition) is 0. The topological polar surface area (TPSA) is 51.2 Å². The van der Waals surface area contributed by atoms with Crippen molar-refractivity contribution in [1.29, 1.82) is 0 Å². The SMILES string of the molecule is CC1(C)CCC(=O)C2C(C=O)C(C=O)=CCC21. The van der Waals surface area contributed by atoms with Crippen molar-refractivity contribution in [2.75, 3.05) is 0 Å². The van der Waals surface area contributed by atoms with Gasteiger partial charge in [0.05, 0.1) is 5.92 Å². The van der Waals surface area contributed by atoms with Crippen molar-refractivity contribution < 1.29 is 14.4 Å². The van der Waals surface area contributed by atoms with Crippen molar-refractivity contribution in [1.82, 2.24) is 0 Å². The second kappa shape index (κ2) is 4.21. The molecule has 1 saturated carbocycles. The molecule has 2 aliphatic carbocycles. The van der Waals surface area contributed by atoms with Crippen LogP contribution in [0.3, 0.4) is 0 Å². The molecule has 1 fully saturated rings. The molecule has 2 aliphatic rings. The Bertz CT molecular complexity index is 392. The van der Waals surface area contributed by atoms with Crippen molar-refractivity contribution in [3.63, 3.8) is 0 Å². The number of ketones is 1. The number of allylic oxidation sites excluding steroid dienone is 2. The Kier molecular flexibility index (Phi) is 3.02.